The summed E-state index contributed by atoms with van der Waals surface area (Å²) < 4.78 is 4.91. The molecule has 0 radical (unpaired) electrons. The maximum Gasteiger partial charge on any atom is 0.170 e. The number of Topliss-reactive ketones (excluding diaryl/α,β-unsaturated/α-hetero) is 1. The van der Waals surface area contributed by atoms with E-state index in [4.69, 9.17) is 16.3 Å². The number of hydrogen-bond acceptors (Lipinski definition) is 3. The molecule has 0 saturated carbocycles. The Bertz CT molecular complexity index is 385. The van der Waals surface area contributed by atoms with Gasteiger partial charge in [-0.1, -0.05) is 11.6 Å². The van der Waals surface area contributed by atoms with E-state index in [-0.39, 0.29) is 27.9 Å². The summed E-state index contributed by atoms with van der Waals surface area (Å²) in [7, 11) is 1.42. The molecule has 0 unspecified atom stereocenters. The fraction of sp³-hybridized carbons (Fsp3) is 0.300. The number of benzene rings is 1. The summed E-state index contributed by atoms with van der Waals surface area (Å²) in [6, 6.07) is 1.59. The molecule has 76 valence electrons. The van der Waals surface area contributed by atoms with Crippen molar-refractivity contribution in [1.29, 1.82) is 0 Å². The van der Waals surface area contributed by atoms with Crippen molar-refractivity contribution in [3.05, 3.63) is 22.2 Å². The van der Waals surface area contributed by atoms with E-state index in [0.717, 1.165) is 0 Å². The standard InChI is InChI=1S/C10H11ClO3/c1-5-4-7(14-3)10(13)8(6(2)12)9(5)11/h4,13H,1-3H3. The predicted octanol–water partition coefficient (Wildman–Crippen LogP) is 2.57. The van der Waals surface area contributed by atoms with Crippen molar-refractivity contribution in [3.63, 3.8) is 0 Å². The predicted molar refractivity (Wildman–Crippen MR) is 54.4 cm³/mol. The number of carbonyl (C=O) groups excluding carboxylic acids is 1. The minimum absolute atomic E-state index is 0.114. The fourth-order valence-corrected chi connectivity index (χ4v) is 1.51. The Morgan fingerprint density at radius 1 is 1.57 bits per heavy atom. The van der Waals surface area contributed by atoms with Crippen LogP contribution in [0.2, 0.25) is 5.02 Å². The molecule has 0 amide bonds. The monoisotopic (exact) mass is 214 g/mol. The van der Waals surface area contributed by atoms with Crippen LogP contribution in [0.5, 0.6) is 11.5 Å². The van der Waals surface area contributed by atoms with E-state index in [1.54, 1.807) is 13.0 Å². The van der Waals surface area contributed by atoms with Gasteiger partial charge >= 0.3 is 0 Å². The Hall–Kier alpha value is -1.22. The highest BCUT2D eigenvalue weighted by Crippen LogP contribution is 2.37. The highest BCUT2D eigenvalue weighted by molar-refractivity contribution is 6.35. The van der Waals surface area contributed by atoms with E-state index >= 15 is 0 Å². The first-order chi connectivity index (χ1) is 6.49. The second kappa shape index (κ2) is 3.88. The molecule has 4 heteroatoms. The van der Waals surface area contributed by atoms with Gasteiger partial charge in [0.25, 0.3) is 0 Å². The Balaban J connectivity index is 3.53. The molecule has 1 rings (SSSR count). The number of rotatable bonds is 2. The smallest absolute Gasteiger partial charge is 0.170 e. The zero-order valence-corrected chi connectivity index (χ0v) is 8.97. The quantitative estimate of drug-likeness (QED) is 0.770. The fourth-order valence-electron chi connectivity index (χ4n) is 1.23. The molecule has 0 heterocycles. The van der Waals surface area contributed by atoms with E-state index in [1.807, 2.05) is 0 Å². The molecule has 0 aromatic heterocycles. The number of phenolic OH excluding ortho intramolecular Hbond substituents is 1. The highest BCUT2D eigenvalue weighted by Gasteiger charge is 2.18. The van der Waals surface area contributed by atoms with Gasteiger partial charge in [0.15, 0.2) is 17.3 Å². The Morgan fingerprint density at radius 2 is 2.14 bits per heavy atom. The first kappa shape index (κ1) is 10.9. The summed E-state index contributed by atoms with van der Waals surface area (Å²) in [6.07, 6.45) is 0. The number of methoxy groups -OCH3 is 1. The molecule has 0 aliphatic rings. The summed E-state index contributed by atoms with van der Waals surface area (Å²) >= 11 is 5.89. The van der Waals surface area contributed by atoms with Crippen molar-refractivity contribution in [2.24, 2.45) is 0 Å². The molecule has 0 saturated heterocycles. The van der Waals surface area contributed by atoms with Crippen LogP contribution in [0.15, 0.2) is 6.07 Å². The lowest BCUT2D eigenvalue weighted by Gasteiger charge is -2.10. The van der Waals surface area contributed by atoms with Gasteiger partial charge in [0.2, 0.25) is 0 Å². The molecule has 3 nitrogen and oxygen atoms in total. The van der Waals surface area contributed by atoms with E-state index in [9.17, 15) is 9.90 Å². The minimum atomic E-state index is -0.283. The number of aromatic hydroxyl groups is 1. The van der Waals surface area contributed by atoms with Crippen molar-refractivity contribution in [3.8, 4) is 11.5 Å². The Morgan fingerprint density at radius 3 is 2.57 bits per heavy atom. The molecule has 0 bridgehead atoms. The maximum absolute atomic E-state index is 11.2. The van der Waals surface area contributed by atoms with Crippen LogP contribution in [0.3, 0.4) is 0 Å². The van der Waals surface area contributed by atoms with Crippen molar-refractivity contribution < 1.29 is 14.6 Å². The molecule has 14 heavy (non-hydrogen) atoms. The molecule has 1 aromatic carbocycles. The average Bonchev–Trinajstić information content (AvgIpc) is 2.11. The molecule has 0 aliphatic heterocycles. The van der Waals surface area contributed by atoms with Gasteiger partial charge in [0, 0.05) is 0 Å². The summed E-state index contributed by atoms with van der Waals surface area (Å²) in [5.41, 5.74) is 0.815. The lowest BCUT2D eigenvalue weighted by atomic mass is 10.1. The zero-order chi connectivity index (χ0) is 10.9. The molecule has 1 N–H and O–H groups in total. The summed E-state index contributed by atoms with van der Waals surface area (Å²) in [6.45, 7) is 3.09. The van der Waals surface area contributed by atoms with E-state index in [0.29, 0.717) is 5.56 Å². The van der Waals surface area contributed by atoms with Crippen molar-refractivity contribution in [2.75, 3.05) is 7.11 Å². The van der Waals surface area contributed by atoms with Crippen LogP contribution < -0.4 is 4.74 Å². The second-order valence-electron chi connectivity index (χ2n) is 2.99. The third-order valence-electron chi connectivity index (χ3n) is 1.96. The largest absolute Gasteiger partial charge is 0.504 e. The number of ether oxygens (including phenoxy) is 1. The number of ketones is 1. The molecular formula is C10H11ClO3. The normalized spacial score (nSPS) is 10.0. The van der Waals surface area contributed by atoms with Crippen molar-refractivity contribution in [2.45, 2.75) is 13.8 Å². The van der Waals surface area contributed by atoms with Crippen LogP contribution in [0.4, 0.5) is 0 Å². The van der Waals surface area contributed by atoms with Gasteiger partial charge < -0.3 is 9.84 Å². The molecular weight excluding hydrogens is 204 g/mol. The van der Waals surface area contributed by atoms with Crippen LogP contribution in [0.25, 0.3) is 0 Å². The van der Waals surface area contributed by atoms with Crippen molar-refractivity contribution >= 4 is 17.4 Å². The summed E-state index contributed by atoms with van der Waals surface area (Å²) in [4.78, 5) is 11.2. The number of phenols is 1. The van der Waals surface area contributed by atoms with E-state index in [2.05, 4.69) is 0 Å². The van der Waals surface area contributed by atoms with Crippen LogP contribution in [-0.2, 0) is 0 Å². The summed E-state index contributed by atoms with van der Waals surface area (Å²) in [5.74, 6) is -0.220. The third-order valence-corrected chi connectivity index (χ3v) is 2.44. The molecule has 0 spiro atoms. The van der Waals surface area contributed by atoms with Gasteiger partial charge in [0.05, 0.1) is 17.7 Å². The molecule has 1 aromatic rings. The number of halogens is 1. The van der Waals surface area contributed by atoms with Gasteiger partial charge in [-0.25, -0.2) is 0 Å². The van der Waals surface area contributed by atoms with Gasteiger partial charge in [-0.2, -0.15) is 0 Å². The molecule has 0 fully saturated rings. The van der Waals surface area contributed by atoms with Crippen LogP contribution in [0, 0.1) is 6.92 Å². The first-order valence-electron chi connectivity index (χ1n) is 4.06. The van der Waals surface area contributed by atoms with Gasteiger partial charge in [0.1, 0.15) is 0 Å². The van der Waals surface area contributed by atoms with Gasteiger partial charge in [-0.15, -0.1) is 0 Å². The topological polar surface area (TPSA) is 46.5 Å². The molecule has 0 aliphatic carbocycles. The lowest BCUT2D eigenvalue weighted by Crippen LogP contribution is -1.98. The third kappa shape index (κ3) is 1.68. The van der Waals surface area contributed by atoms with Crippen LogP contribution >= 0.6 is 11.6 Å². The van der Waals surface area contributed by atoms with Crippen LogP contribution in [-0.4, -0.2) is 18.0 Å². The number of aryl methyl sites for hydroxylation is 1. The summed E-state index contributed by atoms with van der Waals surface area (Å²) in [5, 5.41) is 9.91. The van der Waals surface area contributed by atoms with Gasteiger partial charge in [-0.05, 0) is 25.5 Å². The Labute approximate surface area is 87.3 Å². The Kier molecular flexibility index (Phi) is 3.01. The first-order valence-corrected chi connectivity index (χ1v) is 4.43. The van der Waals surface area contributed by atoms with Gasteiger partial charge in [-0.3, -0.25) is 4.79 Å². The highest BCUT2D eigenvalue weighted by atomic mass is 35.5. The average molecular weight is 215 g/mol. The van der Waals surface area contributed by atoms with E-state index < -0.39 is 0 Å². The van der Waals surface area contributed by atoms with E-state index in [1.165, 1.54) is 14.0 Å². The zero-order valence-electron chi connectivity index (χ0n) is 8.22. The van der Waals surface area contributed by atoms with Crippen LogP contribution in [0.1, 0.15) is 22.8 Å². The maximum atomic E-state index is 11.2. The number of carbonyl (C=O) groups is 1. The number of hydrogen-bond donors (Lipinski definition) is 1. The lowest BCUT2D eigenvalue weighted by molar-refractivity contribution is 0.101. The van der Waals surface area contributed by atoms with Crippen molar-refractivity contribution in [1.82, 2.24) is 0 Å². The second-order valence-corrected chi connectivity index (χ2v) is 3.37. The molecule has 0 atom stereocenters. The SMILES string of the molecule is COc1cc(C)c(Cl)c(C(C)=O)c1O. The minimum Gasteiger partial charge on any atom is -0.504 e.